The molecule has 0 atom stereocenters. The number of hydrogen-bond donors (Lipinski definition) is 0. The van der Waals surface area contributed by atoms with E-state index in [0.29, 0.717) is 5.75 Å². The highest BCUT2D eigenvalue weighted by atomic mass is 127. The van der Waals surface area contributed by atoms with Crippen LogP contribution in [-0.4, -0.2) is 11.9 Å². The van der Waals surface area contributed by atoms with Crippen molar-refractivity contribution in [2.45, 2.75) is 0 Å². The number of carbonyl (C=O) groups is 2. The zero-order valence-electron chi connectivity index (χ0n) is 6.40. The van der Waals surface area contributed by atoms with E-state index in [9.17, 15) is 9.59 Å². The summed E-state index contributed by atoms with van der Waals surface area (Å²) in [5, 5.41) is 0. The van der Waals surface area contributed by atoms with E-state index in [1.54, 1.807) is 30.3 Å². The fourth-order valence-electron chi connectivity index (χ4n) is 0.669. The molecule has 1 rings (SSSR count). The van der Waals surface area contributed by atoms with Crippen molar-refractivity contribution in [3.8, 4) is 5.75 Å². The number of para-hydroxylation sites is 1. The highest BCUT2D eigenvalue weighted by Gasteiger charge is 2.16. The highest BCUT2D eigenvalue weighted by Crippen LogP contribution is 2.08. The maximum atomic E-state index is 10.8. The Morgan fingerprint density at radius 2 is 1.69 bits per heavy atom. The second kappa shape index (κ2) is 4.80. The van der Waals surface area contributed by atoms with Crippen LogP contribution < -0.4 is 4.74 Å². The molecule has 13 heavy (non-hydrogen) atoms. The predicted molar refractivity (Wildman–Crippen MR) is 52.2 cm³/mol. The molecule has 1 aromatic rings. The monoisotopic (exact) mass is 292 g/mol. The molecule has 0 heterocycles. The molecule has 0 amide bonds. The van der Waals surface area contributed by atoms with Crippen molar-refractivity contribution in [2.75, 3.05) is 0 Å². The Labute approximate surface area is 88.5 Å². The van der Waals surface area contributed by atoms with Crippen molar-refractivity contribution in [3.63, 3.8) is 0 Å². The first-order valence-electron chi connectivity index (χ1n) is 3.34. The Morgan fingerprint density at radius 3 is 2.23 bits per heavy atom. The number of halogens is 1. The first-order chi connectivity index (χ1) is 6.24. The van der Waals surface area contributed by atoms with Crippen LogP contribution in [0.4, 0.5) is 0 Å². The van der Waals surface area contributed by atoms with Crippen LogP contribution in [0.3, 0.4) is 0 Å². The largest absolute Gasteiger partial charge is 0.427 e. The average molecular weight is 292 g/mol. The molecule has 0 unspecified atom stereocenters. The standard InChI is InChI=1S/C8H5IO4/c9-13-8(11)7(10)12-6-4-2-1-3-5-6/h1-5H. The number of rotatable bonds is 1. The van der Waals surface area contributed by atoms with Gasteiger partial charge in [-0.2, -0.15) is 0 Å². The average Bonchev–Trinajstić information content (AvgIpc) is 2.18. The van der Waals surface area contributed by atoms with Gasteiger partial charge in [-0.1, -0.05) is 18.2 Å². The Bertz CT molecular complexity index is 309. The van der Waals surface area contributed by atoms with E-state index in [1.165, 1.54) is 23.0 Å². The zero-order valence-corrected chi connectivity index (χ0v) is 8.56. The molecule has 0 fully saturated rings. The Kier molecular flexibility index (Phi) is 3.69. The third-order valence-corrected chi connectivity index (χ3v) is 1.59. The smallest absolute Gasteiger partial charge is 0.418 e. The summed E-state index contributed by atoms with van der Waals surface area (Å²) in [7, 11) is 0. The number of hydrogen-bond acceptors (Lipinski definition) is 4. The molecule has 68 valence electrons. The van der Waals surface area contributed by atoms with E-state index < -0.39 is 11.9 Å². The van der Waals surface area contributed by atoms with Crippen molar-refractivity contribution in [1.29, 1.82) is 0 Å². The van der Waals surface area contributed by atoms with Gasteiger partial charge < -0.3 is 7.80 Å². The summed E-state index contributed by atoms with van der Waals surface area (Å²) in [6, 6.07) is 8.29. The minimum absolute atomic E-state index is 0.314. The minimum atomic E-state index is -1.03. The van der Waals surface area contributed by atoms with Gasteiger partial charge >= 0.3 is 11.9 Å². The predicted octanol–water partition coefficient (Wildman–Crippen LogP) is 1.49. The van der Waals surface area contributed by atoms with Crippen molar-refractivity contribution in [1.82, 2.24) is 0 Å². The van der Waals surface area contributed by atoms with Crippen LogP contribution in [0.25, 0.3) is 0 Å². The van der Waals surface area contributed by atoms with Crippen molar-refractivity contribution in [2.24, 2.45) is 0 Å². The number of ether oxygens (including phenoxy) is 1. The summed E-state index contributed by atoms with van der Waals surface area (Å²) < 4.78 is 8.79. The van der Waals surface area contributed by atoms with Crippen LogP contribution in [0, 0.1) is 0 Å². The van der Waals surface area contributed by atoms with Gasteiger partial charge in [0.1, 0.15) is 5.75 Å². The fraction of sp³-hybridized carbons (Fsp3) is 0. The fourth-order valence-corrected chi connectivity index (χ4v) is 0.849. The lowest BCUT2D eigenvalue weighted by atomic mass is 10.3. The Hall–Kier alpha value is -1.11. The van der Waals surface area contributed by atoms with E-state index in [2.05, 4.69) is 7.80 Å². The van der Waals surface area contributed by atoms with Crippen LogP contribution in [0.2, 0.25) is 0 Å². The van der Waals surface area contributed by atoms with E-state index in [0.717, 1.165) is 0 Å². The third-order valence-electron chi connectivity index (χ3n) is 1.19. The summed E-state index contributed by atoms with van der Waals surface area (Å²) in [4.78, 5) is 21.5. The van der Waals surface area contributed by atoms with Crippen molar-refractivity contribution >= 4 is 34.9 Å². The Balaban J connectivity index is 2.60. The van der Waals surface area contributed by atoms with Gasteiger partial charge in [-0.3, -0.25) is 0 Å². The van der Waals surface area contributed by atoms with Crippen LogP contribution >= 0.6 is 23.0 Å². The topological polar surface area (TPSA) is 52.6 Å². The minimum Gasteiger partial charge on any atom is -0.418 e. The van der Waals surface area contributed by atoms with Crippen molar-refractivity contribution < 1.29 is 17.4 Å². The van der Waals surface area contributed by atoms with E-state index in [-0.39, 0.29) is 0 Å². The van der Waals surface area contributed by atoms with Gasteiger partial charge in [-0.25, -0.2) is 9.59 Å². The maximum absolute atomic E-state index is 10.8. The first kappa shape index (κ1) is 9.97. The third kappa shape index (κ3) is 3.02. The zero-order chi connectivity index (χ0) is 9.68. The number of benzene rings is 1. The SMILES string of the molecule is O=C(OI)C(=O)Oc1ccccc1. The molecule has 0 N–H and O–H groups in total. The summed E-state index contributed by atoms with van der Waals surface area (Å²) in [6.07, 6.45) is 0. The molecule has 0 aromatic heterocycles. The first-order valence-corrected chi connectivity index (χ1v) is 4.22. The lowest BCUT2D eigenvalue weighted by molar-refractivity contribution is -0.154. The summed E-state index contributed by atoms with van der Waals surface area (Å²) in [6.45, 7) is 0. The molecular formula is C8H5IO4. The second-order valence-electron chi connectivity index (χ2n) is 2.07. The summed E-state index contributed by atoms with van der Waals surface area (Å²) in [5.74, 6) is -1.74. The van der Waals surface area contributed by atoms with E-state index in [4.69, 9.17) is 0 Å². The van der Waals surface area contributed by atoms with Gasteiger partial charge in [0.25, 0.3) is 0 Å². The van der Waals surface area contributed by atoms with Crippen LogP contribution in [0.15, 0.2) is 30.3 Å². The molecule has 0 radical (unpaired) electrons. The molecular weight excluding hydrogens is 287 g/mol. The molecule has 0 bridgehead atoms. The molecule has 4 nitrogen and oxygen atoms in total. The molecule has 0 saturated carbocycles. The quantitative estimate of drug-likeness (QED) is 0.340. The number of esters is 1. The molecule has 0 spiro atoms. The Morgan fingerprint density at radius 1 is 1.08 bits per heavy atom. The van der Waals surface area contributed by atoms with Gasteiger partial charge in [0.15, 0.2) is 23.0 Å². The molecule has 0 saturated heterocycles. The van der Waals surface area contributed by atoms with Gasteiger partial charge in [0.05, 0.1) is 0 Å². The molecule has 0 aliphatic heterocycles. The van der Waals surface area contributed by atoms with Gasteiger partial charge in [0, 0.05) is 0 Å². The van der Waals surface area contributed by atoms with E-state index >= 15 is 0 Å². The molecule has 5 heteroatoms. The van der Waals surface area contributed by atoms with Crippen LogP contribution in [-0.2, 0) is 12.7 Å². The highest BCUT2D eigenvalue weighted by molar-refractivity contribution is 14.1. The molecule has 1 aromatic carbocycles. The maximum Gasteiger partial charge on any atom is 0.427 e. The second-order valence-corrected chi connectivity index (χ2v) is 2.51. The normalized spacial score (nSPS) is 9.00. The van der Waals surface area contributed by atoms with Gasteiger partial charge in [-0.05, 0) is 12.1 Å². The van der Waals surface area contributed by atoms with Crippen LogP contribution in [0.5, 0.6) is 5.75 Å². The lowest BCUT2D eigenvalue weighted by Gasteiger charge is -1.99. The van der Waals surface area contributed by atoms with E-state index in [1.807, 2.05) is 0 Å². The molecule has 0 aliphatic carbocycles. The number of carbonyl (C=O) groups excluding carboxylic acids is 2. The summed E-state index contributed by atoms with van der Waals surface area (Å²) in [5.41, 5.74) is 0. The van der Waals surface area contributed by atoms with Gasteiger partial charge in [0.2, 0.25) is 0 Å². The molecule has 0 aliphatic rings. The summed E-state index contributed by atoms with van der Waals surface area (Å²) >= 11 is 1.32. The van der Waals surface area contributed by atoms with Crippen molar-refractivity contribution in [3.05, 3.63) is 30.3 Å². The lowest BCUT2D eigenvalue weighted by Crippen LogP contribution is -2.19. The van der Waals surface area contributed by atoms with Gasteiger partial charge in [-0.15, -0.1) is 0 Å². The van der Waals surface area contributed by atoms with Crippen LogP contribution in [0.1, 0.15) is 0 Å².